The van der Waals surface area contributed by atoms with Gasteiger partial charge < -0.3 is 5.73 Å². The van der Waals surface area contributed by atoms with Gasteiger partial charge in [0, 0.05) is 19.1 Å². The summed E-state index contributed by atoms with van der Waals surface area (Å²) in [5, 5.41) is -0.122. The fourth-order valence-electron chi connectivity index (χ4n) is 2.72. The molecule has 0 spiro atoms. The lowest BCUT2D eigenvalue weighted by Gasteiger charge is -2.43. The third-order valence-corrected chi connectivity index (χ3v) is 6.62. The molecule has 16 heavy (non-hydrogen) atoms. The highest BCUT2D eigenvalue weighted by Gasteiger charge is 2.47. The third kappa shape index (κ3) is 2.00. The SMILES string of the molecule is CN(C1(CN)CCCCC1)S(=O)(=O)C1CC1. The van der Waals surface area contributed by atoms with Gasteiger partial charge in [0.1, 0.15) is 0 Å². The van der Waals surface area contributed by atoms with Crippen LogP contribution in [-0.2, 0) is 10.0 Å². The van der Waals surface area contributed by atoms with Gasteiger partial charge in [-0.05, 0) is 25.7 Å². The Morgan fingerprint density at radius 1 is 1.25 bits per heavy atom. The molecule has 0 unspecified atom stereocenters. The Morgan fingerprint density at radius 3 is 2.25 bits per heavy atom. The number of rotatable bonds is 4. The van der Waals surface area contributed by atoms with E-state index < -0.39 is 10.0 Å². The van der Waals surface area contributed by atoms with Gasteiger partial charge >= 0.3 is 0 Å². The average Bonchev–Trinajstić information content (AvgIpc) is 3.13. The van der Waals surface area contributed by atoms with Crippen molar-refractivity contribution in [2.45, 2.75) is 55.7 Å². The quantitative estimate of drug-likeness (QED) is 0.807. The molecule has 2 saturated carbocycles. The molecular formula is C11H22N2O2S. The largest absolute Gasteiger partial charge is 0.329 e. The van der Waals surface area contributed by atoms with Gasteiger partial charge in [0.2, 0.25) is 10.0 Å². The van der Waals surface area contributed by atoms with Crippen molar-refractivity contribution < 1.29 is 8.42 Å². The first-order valence-corrected chi connectivity index (χ1v) is 7.71. The Hall–Kier alpha value is -0.130. The van der Waals surface area contributed by atoms with Crippen LogP contribution in [0.1, 0.15) is 44.9 Å². The summed E-state index contributed by atoms with van der Waals surface area (Å²) in [6.45, 7) is 0.454. The highest BCUT2D eigenvalue weighted by Crippen LogP contribution is 2.38. The van der Waals surface area contributed by atoms with Gasteiger partial charge in [-0.25, -0.2) is 8.42 Å². The van der Waals surface area contributed by atoms with Crippen molar-refractivity contribution in [3.8, 4) is 0 Å². The van der Waals surface area contributed by atoms with E-state index in [2.05, 4.69) is 0 Å². The van der Waals surface area contributed by atoms with Crippen LogP contribution in [0.5, 0.6) is 0 Å². The number of hydrogen-bond donors (Lipinski definition) is 1. The molecule has 4 nitrogen and oxygen atoms in total. The number of likely N-dealkylation sites (N-methyl/N-ethyl adjacent to an activating group) is 1. The van der Waals surface area contributed by atoms with Crippen LogP contribution in [0.15, 0.2) is 0 Å². The molecule has 5 heteroatoms. The van der Waals surface area contributed by atoms with E-state index in [1.54, 1.807) is 11.4 Å². The topological polar surface area (TPSA) is 63.4 Å². The second kappa shape index (κ2) is 4.27. The van der Waals surface area contributed by atoms with Crippen LogP contribution in [0.25, 0.3) is 0 Å². The average molecular weight is 246 g/mol. The normalized spacial score (nSPS) is 25.9. The van der Waals surface area contributed by atoms with Crippen LogP contribution in [-0.4, -0.2) is 37.1 Å². The summed E-state index contributed by atoms with van der Waals surface area (Å²) in [6.07, 6.45) is 6.90. The van der Waals surface area contributed by atoms with Gasteiger partial charge in [0.25, 0.3) is 0 Å². The summed E-state index contributed by atoms with van der Waals surface area (Å²) < 4.78 is 26.1. The molecule has 2 aliphatic carbocycles. The zero-order valence-corrected chi connectivity index (χ0v) is 10.8. The van der Waals surface area contributed by atoms with Gasteiger partial charge in [-0.1, -0.05) is 19.3 Å². The summed E-state index contributed by atoms with van der Waals surface area (Å²) in [5.41, 5.74) is 5.56. The van der Waals surface area contributed by atoms with Gasteiger partial charge in [-0.2, -0.15) is 4.31 Å². The Morgan fingerprint density at radius 2 is 1.81 bits per heavy atom. The predicted molar refractivity (Wildman–Crippen MR) is 64.6 cm³/mol. The zero-order valence-electron chi connectivity index (χ0n) is 9.98. The number of nitrogens with two attached hydrogens (primary N) is 1. The van der Waals surface area contributed by atoms with E-state index in [4.69, 9.17) is 5.73 Å². The number of nitrogens with zero attached hydrogens (tertiary/aromatic N) is 1. The first-order chi connectivity index (χ1) is 7.53. The van der Waals surface area contributed by atoms with E-state index in [0.29, 0.717) is 6.54 Å². The van der Waals surface area contributed by atoms with Gasteiger partial charge in [-0.15, -0.1) is 0 Å². The summed E-state index contributed by atoms with van der Waals surface area (Å²) in [7, 11) is -1.35. The standard InChI is InChI=1S/C11H22N2O2S/c1-13(16(14,15)10-5-6-10)11(9-12)7-3-2-4-8-11/h10H,2-9,12H2,1H3. The minimum absolute atomic E-state index is 0.122. The number of sulfonamides is 1. The molecule has 0 aromatic carbocycles. The molecule has 0 heterocycles. The van der Waals surface area contributed by atoms with Gasteiger partial charge in [-0.3, -0.25) is 0 Å². The van der Waals surface area contributed by atoms with E-state index >= 15 is 0 Å². The van der Waals surface area contributed by atoms with Crippen molar-refractivity contribution >= 4 is 10.0 Å². The summed E-state index contributed by atoms with van der Waals surface area (Å²) >= 11 is 0. The molecule has 0 aromatic heterocycles. The molecule has 0 aliphatic heterocycles. The van der Waals surface area contributed by atoms with Crippen LogP contribution >= 0.6 is 0 Å². The second-order valence-corrected chi connectivity index (χ2v) is 7.45. The van der Waals surface area contributed by atoms with E-state index in [9.17, 15) is 8.42 Å². The maximum Gasteiger partial charge on any atom is 0.217 e. The highest BCUT2D eigenvalue weighted by molar-refractivity contribution is 7.90. The van der Waals surface area contributed by atoms with E-state index in [1.807, 2.05) is 0 Å². The van der Waals surface area contributed by atoms with Crippen LogP contribution in [0, 0.1) is 0 Å². The first-order valence-electron chi connectivity index (χ1n) is 6.21. The highest BCUT2D eigenvalue weighted by atomic mass is 32.2. The smallest absolute Gasteiger partial charge is 0.217 e. The molecular weight excluding hydrogens is 224 g/mol. The molecule has 0 saturated heterocycles. The van der Waals surface area contributed by atoms with Crippen LogP contribution in [0.2, 0.25) is 0 Å². The molecule has 94 valence electrons. The maximum absolute atomic E-state index is 12.2. The molecule has 2 fully saturated rings. The van der Waals surface area contributed by atoms with Crippen LogP contribution < -0.4 is 5.73 Å². The van der Waals surface area contributed by atoms with Gasteiger partial charge in [0.15, 0.2) is 0 Å². The maximum atomic E-state index is 12.2. The number of hydrogen-bond acceptors (Lipinski definition) is 3. The Kier molecular flexibility index (Phi) is 3.29. The summed E-state index contributed by atoms with van der Waals surface area (Å²) in [4.78, 5) is 0. The molecule has 0 bridgehead atoms. The zero-order chi connectivity index (χ0) is 11.8. The summed E-state index contributed by atoms with van der Waals surface area (Å²) in [6, 6.07) is 0. The van der Waals surface area contributed by atoms with E-state index in [1.165, 1.54) is 6.42 Å². The molecule has 0 amide bonds. The van der Waals surface area contributed by atoms with E-state index in [-0.39, 0.29) is 10.8 Å². The monoisotopic (exact) mass is 246 g/mol. The molecule has 0 radical (unpaired) electrons. The fourth-order valence-corrected chi connectivity index (χ4v) is 4.69. The molecule has 2 N–H and O–H groups in total. The van der Waals surface area contributed by atoms with Crippen molar-refractivity contribution in [3.05, 3.63) is 0 Å². The van der Waals surface area contributed by atoms with Crippen molar-refractivity contribution in [2.75, 3.05) is 13.6 Å². The Balaban J connectivity index is 2.19. The lowest BCUT2D eigenvalue weighted by molar-refractivity contribution is 0.159. The second-order valence-electron chi connectivity index (χ2n) is 5.20. The van der Waals surface area contributed by atoms with E-state index in [0.717, 1.165) is 38.5 Å². The van der Waals surface area contributed by atoms with Gasteiger partial charge in [0.05, 0.1) is 5.25 Å². The Labute approximate surface area is 98.2 Å². The lowest BCUT2D eigenvalue weighted by atomic mass is 9.82. The lowest BCUT2D eigenvalue weighted by Crippen LogP contribution is -2.56. The van der Waals surface area contributed by atoms with Crippen molar-refractivity contribution in [1.82, 2.24) is 4.31 Å². The predicted octanol–water partition coefficient (Wildman–Crippen LogP) is 1.07. The van der Waals surface area contributed by atoms with Crippen LogP contribution in [0.3, 0.4) is 0 Å². The minimum Gasteiger partial charge on any atom is -0.329 e. The molecule has 2 rings (SSSR count). The first kappa shape index (κ1) is 12.3. The molecule has 0 aromatic rings. The van der Waals surface area contributed by atoms with Crippen LogP contribution in [0.4, 0.5) is 0 Å². The van der Waals surface area contributed by atoms with Crippen molar-refractivity contribution in [1.29, 1.82) is 0 Å². The Bertz CT molecular complexity index is 343. The molecule has 2 aliphatic rings. The summed E-state index contributed by atoms with van der Waals surface area (Å²) in [5.74, 6) is 0. The fraction of sp³-hybridized carbons (Fsp3) is 1.00. The minimum atomic E-state index is -3.08. The molecule has 0 atom stereocenters. The van der Waals surface area contributed by atoms with Crippen molar-refractivity contribution in [2.24, 2.45) is 5.73 Å². The van der Waals surface area contributed by atoms with Crippen molar-refractivity contribution in [3.63, 3.8) is 0 Å². The third-order valence-electron chi connectivity index (χ3n) is 4.16.